The number of pyridine rings is 1. The van der Waals surface area contributed by atoms with E-state index in [1.807, 2.05) is 0 Å². The van der Waals surface area contributed by atoms with Crippen LogP contribution in [0.1, 0.15) is 0 Å². The SMILES string of the molecule is O=C(O)Oc1ccc2c(Br)c(OC(=O)O)ccc2n1. The number of hydrogen-bond donors (Lipinski definition) is 2. The highest BCUT2D eigenvalue weighted by molar-refractivity contribution is 9.10. The summed E-state index contributed by atoms with van der Waals surface area (Å²) in [6.45, 7) is 0. The van der Waals surface area contributed by atoms with Crippen LogP contribution in [0.4, 0.5) is 9.59 Å². The van der Waals surface area contributed by atoms with Gasteiger partial charge in [-0.1, -0.05) is 0 Å². The van der Waals surface area contributed by atoms with Crippen molar-refractivity contribution in [1.29, 1.82) is 0 Å². The number of ether oxygens (including phenoxy) is 2. The van der Waals surface area contributed by atoms with Crippen molar-refractivity contribution < 1.29 is 29.3 Å². The maximum Gasteiger partial charge on any atom is 0.512 e. The molecular weight excluding hydrogens is 322 g/mol. The Labute approximate surface area is 114 Å². The Morgan fingerprint density at radius 1 is 1.05 bits per heavy atom. The molecule has 98 valence electrons. The average molecular weight is 328 g/mol. The van der Waals surface area contributed by atoms with Gasteiger partial charge in [-0.25, -0.2) is 14.6 Å². The largest absolute Gasteiger partial charge is 0.512 e. The lowest BCUT2D eigenvalue weighted by Crippen LogP contribution is -2.05. The van der Waals surface area contributed by atoms with Crippen LogP contribution in [0, 0.1) is 0 Å². The second kappa shape index (κ2) is 5.11. The molecule has 0 aliphatic carbocycles. The van der Waals surface area contributed by atoms with Crippen molar-refractivity contribution in [2.45, 2.75) is 0 Å². The third-order valence-corrected chi connectivity index (χ3v) is 2.95. The van der Waals surface area contributed by atoms with E-state index in [1.165, 1.54) is 18.2 Å². The van der Waals surface area contributed by atoms with Gasteiger partial charge >= 0.3 is 12.3 Å². The van der Waals surface area contributed by atoms with Crippen molar-refractivity contribution in [1.82, 2.24) is 4.98 Å². The van der Waals surface area contributed by atoms with Gasteiger partial charge in [-0.05, 0) is 34.1 Å². The first-order valence-corrected chi connectivity index (χ1v) is 5.67. The summed E-state index contributed by atoms with van der Waals surface area (Å²) in [4.78, 5) is 24.8. The number of carbonyl (C=O) groups is 2. The molecule has 0 saturated carbocycles. The summed E-state index contributed by atoms with van der Waals surface area (Å²) >= 11 is 3.20. The summed E-state index contributed by atoms with van der Waals surface area (Å²) in [6.07, 6.45) is -2.89. The minimum atomic E-state index is -1.46. The maximum atomic E-state index is 10.5. The van der Waals surface area contributed by atoms with Gasteiger partial charge in [0, 0.05) is 11.5 Å². The molecule has 2 rings (SSSR count). The molecule has 0 aliphatic rings. The first-order chi connectivity index (χ1) is 8.97. The minimum Gasteiger partial charge on any atom is -0.449 e. The number of rotatable bonds is 2. The first kappa shape index (κ1) is 13.1. The fourth-order valence-electron chi connectivity index (χ4n) is 1.45. The molecule has 0 spiro atoms. The molecule has 0 radical (unpaired) electrons. The van der Waals surface area contributed by atoms with Gasteiger partial charge in [0.05, 0.1) is 9.99 Å². The van der Waals surface area contributed by atoms with Crippen LogP contribution < -0.4 is 9.47 Å². The molecule has 8 heteroatoms. The van der Waals surface area contributed by atoms with Crippen LogP contribution in [0.3, 0.4) is 0 Å². The molecule has 1 aromatic heterocycles. The average Bonchev–Trinajstić information content (AvgIpc) is 2.31. The zero-order valence-electron chi connectivity index (χ0n) is 9.16. The van der Waals surface area contributed by atoms with Crippen LogP contribution in [-0.4, -0.2) is 27.5 Å². The van der Waals surface area contributed by atoms with Crippen molar-refractivity contribution >= 4 is 39.1 Å². The van der Waals surface area contributed by atoms with Crippen molar-refractivity contribution in [3.8, 4) is 11.6 Å². The topological polar surface area (TPSA) is 106 Å². The molecule has 2 aromatic rings. The Morgan fingerprint density at radius 3 is 2.37 bits per heavy atom. The summed E-state index contributed by atoms with van der Waals surface area (Å²) in [5, 5.41) is 17.6. The van der Waals surface area contributed by atoms with Crippen molar-refractivity contribution in [3.05, 3.63) is 28.7 Å². The molecule has 1 heterocycles. The lowest BCUT2D eigenvalue weighted by atomic mass is 10.2. The summed E-state index contributed by atoms with van der Waals surface area (Å²) in [7, 11) is 0. The maximum absolute atomic E-state index is 10.5. The van der Waals surface area contributed by atoms with E-state index >= 15 is 0 Å². The summed E-state index contributed by atoms with van der Waals surface area (Å²) in [6, 6.07) is 5.79. The zero-order chi connectivity index (χ0) is 14.0. The fraction of sp³-hybridized carbons (Fsp3) is 0. The van der Waals surface area contributed by atoms with E-state index < -0.39 is 12.3 Å². The number of fused-ring (bicyclic) bond motifs is 1. The normalized spacial score (nSPS) is 10.2. The Kier molecular flexibility index (Phi) is 3.52. The van der Waals surface area contributed by atoms with E-state index in [4.69, 9.17) is 10.2 Å². The van der Waals surface area contributed by atoms with E-state index in [0.717, 1.165) is 0 Å². The standard InChI is InChI=1S/C11H6BrNO6/c12-9-5-1-4-8(19-11(16)17)13-6(5)2-3-7(9)18-10(14)15/h1-4H,(H,14,15)(H,16,17). The fourth-order valence-corrected chi connectivity index (χ4v) is 2.00. The monoisotopic (exact) mass is 327 g/mol. The van der Waals surface area contributed by atoms with Gasteiger partial charge in [0.15, 0.2) is 0 Å². The molecule has 0 unspecified atom stereocenters. The van der Waals surface area contributed by atoms with Gasteiger partial charge in [-0.15, -0.1) is 0 Å². The summed E-state index contributed by atoms with van der Waals surface area (Å²) in [5.74, 6) is 0.0486. The molecule has 19 heavy (non-hydrogen) atoms. The molecule has 0 amide bonds. The Morgan fingerprint density at radius 2 is 1.74 bits per heavy atom. The quantitative estimate of drug-likeness (QED) is 0.644. The van der Waals surface area contributed by atoms with Crippen molar-refractivity contribution in [3.63, 3.8) is 0 Å². The van der Waals surface area contributed by atoms with Gasteiger partial charge in [0.25, 0.3) is 0 Å². The molecule has 2 N–H and O–H groups in total. The van der Waals surface area contributed by atoms with Crippen molar-refractivity contribution in [2.75, 3.05) is 0 Å². The van der Waals surface area contributed by atoms with Crippen molar-refractivity contribution in [2.24, 2.45) is 0 Å². The summed E-state index contributed by atoms with van der Waals surface area (Å²) in [5.41, 5.74) is 0.434. The number of halogens is 1. The Balaban J connectivity index is 2.47. The third kappa shape index (κ3) is 2.91. The van der Waals surface area contributed by atoms with Gasteiger partial charge < -0.3 is 19.7 Å². The number of aromatic nitrogens is 1. The van der Waals surface area contributed by atoms with Crippen LogP contribution in [0.15, 0.2) is 28.7 Å². The van der Waals surface area contributed by atoms with Gasteiger partial charge in [0.2, 0.25) is 5.88 Å². The Bertz CT molecular complexity index is 672. The second-order valence-corrected chi connectivity index (χ2v) is 4.12. The van der Waals surface area contributed by atoms with Crippen LogP contribution in [0.2, 0.25) is 0 Å². The second-order valence-electron chi connectivity index (χ2n) is 3.33. The molecular formula is C11H6BrNO6. The number of benzene rings is 1. The lowest BCUT2D eigenvalue weighted by Gasteiger charge is -2.07. The third-order valence-electron chi connectivity index (χ3n) is 2.13. The van der Waals surface area contributed by atoms with E-state index in [1.54, 1.807) is 6.07 Å². The van der Waals surface area contributed by atoms with Crippen LogP contribution in [-0.2, 0) is 0 Å². The molecule has 0 aliphatic heterocycles. The number of carboxylic acid groups (broad SMARTS) is 2. The lowest BCUT2D eigenvalue weighted by molar-refractivity contribution is 0.141. The van der Waals surface area contributed by atoms with Gasteiger partial charge in [0.1, 0.15) is 5.75 Å². The molecule has 0 atom stereocenters. The van der Waals surface area contributed by atoms with Gasteiger partial charge in [-0.2, -0.15) is 0 Å². The molecule has 1 aromatic carbocycles. The highest BCUT2D eigenvalue weighted by Gasteiger charge is 2.11. The van der Waals surface area contributed by atoms with Crippen LogP contribution in [0.5, 0.6) is 11.6 Å². The summed E-state index contributed by atoms with van der Waals surface area (Å²) < 4.78 is 9.39. The predicted molar refractivity (Wildman–Crippen MR) is 66.7 cm³/mol. The minimum absolute atomic E-state index is 0.0706. The Hall–Kier alpha value is -2.35. The van der Waals surface area contributed by atoms with Crippen LogP contribution >= 0.6 is 15.9 Å². The highest BCUT2D eigenvalue weighted by Crippen LogP contribution is 2.33. The number of nitrogens with zero attached hydrogens (tertiary/aromatic N) is 1. The van der Waals surface area contributed by atoms with E-state index in [2.05, 4.69) is 30.4 Å². The molecule has 0 bridgehead atoms. The highest BCUT2D eigenvalue weighted by atomic mass is 79.9. The smallest absolute Gasteiger partial charge is 0.449 e. The van der Waals surface area contributed by atoms with E-state index in [0.29, 0.717) is 15.4 Å². The number of hydrogen-bond acceptors (Lipinski definition) is 5. The molecule has 0 saturated heterocycles. The van der Waals surface area contributed by atoms with Gasteiger partial charge in [-0.3, -0.25) is 0 Å². The predicted octanol–water partition coefficient (Wildman–Crippen LogP) is 3.11. The van der Waals surface area contributed by atoms with Crippen LogP contribution in [0.25, 0.3) is 10.9 Å². The van der Waals surface area contributed by atoms with E-state index in [9.17, 15) is 9.59 Å². The molecule has 7 nitrogen and oxygen atoms in total. The zero-order valence-corrected chi connectivity index (χ0v) is 10.7. The van der Waals surface area contributed by atoms with E-state index in [-0.39, 0.29) is 11.6 Å². The first-order valence-electron chi connectivity index (χ1n) is 4.88. The molecule has 0 fully saturated rings.